The number of hydrogen-bond acceptors (Lipinski definition) is 5. The highest BCUT2D eigenvalue weighted by molar-refractivity contribution is 8.00. The molecule has 1 aromatic heterocycles. The number of rotatable bonds is 3. The Balaban J connectivity index is 1.75. The topological polar surface area (TPSA) is 58.4 Å². The van der Waals surface area contributed by atoms with Crippen LogP contribution in [0, 0.1) is 0 Å². The molecule has 0 spiro atoms. The summed E-state index contributed by atoms with van der Waals surface area (Å²) in [5.74, 6) is 1.11. The lowest BCUT2D eigenvalue weighted by molar-refractivity contribution is 0.0956. The van der Waals surface area contributed by atoms with E-state index in [-0.39, 0.29) is 10.7 Å². The standard InChI is InChI=1S/C14H21N3OS2/c1-14(2)8-17(5-6-19-14)11-7-10(15)12(20-11)13(18)16-9-3-4-9/h7,9H,3-6,8,15H2,1-2H3,(H,16,18). The molecule has 1 aliphatic heterocycles. The Morgan fingerprint density at radius 1 is 1.50 bits per heavy atom. The van der Waals surface area contributed by atoms with Crippen molar-refractivity contribution in [2.75, 3.05) is 29.5 Å². The molecule has 2 heterocycles. The van der Waals surface area contributed by atoms with Crippen LogP contribution < -0.4 is 16.0 Å². The first-order chi connectivity index (χ1) is 9.44. The van der Waals surface area contributed by atoms with Crippen molar-refractivity contribution in [1.82, 2.24) is 5.32 Å². The van der Waals surface area contributed by atoms with E-state index in [1.165, 1.54) is 11.3 Å². The first kappa shape index (κ1) is 14.1. The Hall–Kier alpha value is -0.880. The molecule has 4 nitrogen and oxygen atoms in total. The molecule has 0 unspecified atom stereocenters. The minimum Gasteiger partial charge on any atom is -0.397 e. The van der Waals surface area contributed by atoms with Crippen LogP contribution in [0.4, 0.5) is 10.7 Å². The first-order valence-electron chi connectivity index (χ1n) is 7.04. The number of nitrogen functional groups attached to an aromatic ring is 1. The summed E-state index contributed by atoms with van der Waals surface area (Å²) in [5.41, 5.74) is 6.64. The third-order valence-corrected chi connectivity index (χ3v) is 6.11. The van der Waals surface area contributed by atoms with Crippen LogP contribution in [0.25, 0.3) is 0 Å². The summed E-state index contributed by atoms with van der Waals surface area (Å²) >= 11 is 3.53. The highest BCUT2D eigenvalue weighted by Gasteiger charge is 2.30. The molecule has 6 heteroatoms. The van der Waals surface area contributed by atoms with E-state index in [4.69, 9.17) is 5.73 Å². The van der Waals surface area contributed by atoms with Gasteiger partial charge < -0.3 is 16.0 Å². The quantitative estimate of drug-likeness (QED) is 0.901. The summed E-state index contributed by atoms with van der Waals surface area (Å²) in [5, 5.41) is 4.13. The highest BCUT2D eigenvalue weighted by atomic mass is 32.2. The fraction of sp³-hybridized carbons (Fsp3) is 0.643. The summed E-state index contributed by atoms with van der Waals surface area (Å²) in [6.45, 7) is 6.56. The Morgan fingerprint density at radius 2 is 2.25 bits per heavy atom. The van der Waals surface area contributed by atoms with Crippen LogP contribution in [0.3, 0.4) is 0 Å². The van der Waals surface area contributed by atoms with E-state index in [1.807, 2.05) is 17.8 Å². The number of nitrogens with two attached hydrogens (primary N) is 1. The fourth-order valence-corrected chi connectivity index (χ4v) is 4.53. The molecule has 110 valence electrons. The molecule has 1 amide bonds. The first-order valence-corrected chi connectivity index (χ1v) is 8.84. The average molecular weight is 311 g/mol. The van der Waals surface area contributed by atoms with Crippen LogP contribution in [0.2, 0.25) is 0 Å². The maximum Gasteiger partial charge on any atom is 0.263 e. The van der Waals surface area contributed by atoms with Gasteiger partial charge in [-0.15, -0.1) is 11.3 Å². The van der Waals surface area contributed by atoms with Crippen LogP contribution in [-0.2, 0) is 0 Å². The molecule has 3 N–H and O–H groups in total. The second-order valence-corrected chi connectivity index (χ2v) is 8.98. The van der Waals surface area contributed by atoms with Gasteiger partial charge >= 0.3 is 0 Å². The van der Waals surface area contributed by atoms with Gasteiger partial charge in [0.1, 0.15) is 4.88 Å². The highest BCUT2D eigenvalue weighted by Crippen LogP contribution is 2.38. The monoisotopic (exact) mass is 311 g/mol. The zero-order valence-corrected chi connectivity index (χ0v) is 13.6. The molecule has 1 saturated heterocycles. The Bertz CT molecular complexity index is 522. The molecular weight excluding hydrogens is 290 g/mol. The minimum atomic E-state index is -0.00750. The normalized spacial score (nSPS) is 21.8. The molecule has 20 heavy (non-hydrogen) atoms. The van der Waals surface area contributed by atoms with Gasteiger partial charge in [-0.05, 0) is 32.8 Å². The van der Waals surface area contributed by atoms with Gasteiger partial charge in [-0.2, -0.15) is 11.8 Å². The number of carbonyl (C=O) groups is 1. The lowest BCUT2D eigenvalue weighted by Crippen LogP contribution is -2.42. The third kappa shape index (κ3) is 3.06. The van der Waals surface area contributed by atoms with Crippen molar-refractivity contribution in [3.05, 3.63) is 10.9 Å². The molecule has 3 rings (SSSR count). The Labute approximate surface area is 128 Å². The summed E-state index contributed by atoms with van der Waals surface area (Å²) in [6, 6.07) is 2.33. The number of nitrogens with zero attached hydrogens (tertiary/aromatic N) is 1. The lowest BCUT2D eigenvalue weighted by atomic mass is 10.2. The van der Waals surface area contributed by atoms with Gasteiger partial charge in [0.2, 0.25) is 0 Å². The van der Waals surface area contributed by atoms with Crippen molar-refractivity contribution < 1.29 is 4.79 Å². The van der Waals surface area contributed by atoms with Crippen molar-refractivity contribution in [3.63, 3.8) is 0 Å². The lowest BCUT2D eigenvalue weighted by Gasteiger charge is -2.38. The number of thioether (sulfide) groups is 1. The molecule has 0 atom stereocenters. The Morgan fingerprint density at radius 3 is 2.90 bits per heavy atom. The van der Waals surface area contributed by atoms with Gasteiger partial charge in [0.15, 0.2) is 0 Å². The minimum absolute atomic E-state index is 0.00750. The van der Waals surface area contributed by atoms with E-state index in [0.29, 0.717) is 16.6 Å². The number of anilines is 2. The predicted molar refractivity (Wildman–Crippen MR) is 88.0 cm³/mol. The van der Waals surface area contributed by atoms with Gasteiger partial charge in [0.05, 0.1) is 10.7 Å². The second kappa shape index (κ2) is 5.15. The van der Waals surface area contributed by atoms with E-state index in [0.717, 1.165) is 36.7 Å². The number of nitrogens with one attached hydrogen (secondary N) is 1. The second-order valence-electron chi connectivity index (χ2n) is 6.15. The van der Waals surface area contributed by atoms with Crippen molar-refractivity contribution in [2.24, 2.45) is 0 Å². The molecule has 0 bridgehead atoms. The average Bonchev–Trinajstić information content (AvgIpc) is 3.08. The summed E-state index contributed by atoms with van der Waals surface area (Å²) in [6.07, 6.45) is 2.20. The van der Waals surface area contributed by atoms with Crippen molar-refractivity contribution in [1.29, 1.82) is 0 Å². The molecule has 2 fully saturated rings. The number of hydrogen-bond donors (Lipinski definition) is 2. The van der Waals surface area contributed by atoms with E-state index >= 15 is 0 Å². The molecular formula is C14H21N3OS2. The van der Waals surface area contributed by atoms with Gasteiger partial charge in [-0.1, -0.05) is 0 Å². The van der Waals surface area contributed by atoms with Crippen molar-refractivity contribution in [2.45, 2.75) is 37.5 Å². The van der Waals surface area contributed by atoms with E-state index in [9.17, 15) is 4.79 Å². The van der Waals surface area contributed by atoms with Gasteiger partial charge in [-0.25, -0.2) is 0 Å². The molecule has 1 aromatic rings. The predicted octanol–water partition coefficient (Wildman–Crippen LogP) is 2.55. The summed E-state index contributed by atoms with van der Waals surface area (Å²) in [7, 11) is 0. The van der Waals surface area contributed by atoms with Gasteiger partial charge in [0, 0.05) is 29.6 Å². The molecule has 1 saturated carbocycles. The molecule has 0 aromatic carbocycles. The van der Waals surface area contributed by atoms with Crippen molar-refractivity contribution >= 4 is 39.7 Å². The van der Waals surface area contributed by atoms with Crippen LogP contribution in [0.15, 0.2) is 6.07 Å². The Kier molecular flexibility index (Phi) is 3.62. The zero-order valence-electron chi connectivity index (χ0n) is 11.9. The van der Waals surface area contributed by atoms with Gasteiger partial charge in [-0.3, -0.25) is 4.79 Å². The maximum atomic E-state index is 12.1. The van der Waals surface area contributed by atoms with E-state index in [2.05, 4.69) is 24.1 Å². The van der Waals surface area contributed by atoms with Gasteiger partial charge in [0.25, 0.3) is 5.91 Å². The molecule has 1 aliphatic carbocycles. The van der Waals surface area contributed by atoms with Crippen LogP contribution in [0.5, 0.6) is 0 Å². The van der Waals surface area contributed by atoms with Crippen LogP contribution in [0.1, 0.15) is 36.4 Å². The fourth-order valence-electron chi connectivity index (χ4n) is 2.41. The maximum absolute atomic E-state index is 12.1. The number of thiophene rings is 1. The zero-order chi connectivity index (χ0) is 14.3. The smallest absolute Gasteiger partial charge is 0.263 e. The SMILES string of the molecule is CC1(C)CN(c2cc(N)c(C(=O)NC3CC3)s2)CCS1. The van der Waals surface area contributed by atoms with Crippen molar-refractivity contribution in [3.8, 4) is 0 Å². The van der Waals surface area contributed by atoms with E-state index < -0.39 is 0 Å². The molecule has 2 aliphatic rings. The number of amides is 1. The number of carbonyl (C=O) groups excluding carboxylic acids is 1. The van der Waals surface area contributed by atoms with Crippen LogP contribution in [-0.4, -0.2) is 35.5 Å². The summed E-state index contributed by atoms with van der Waals surface area (Å²) in [4.78, 5) is 15.2. The van der Waals surface area contributed by atoms with Crippen LogP contribution >= 0.6 is 23.1 Å². The van der Waals surface area contributed by atoms with E-state index in [1.54, 1.807) is 0 Å². The molecule has 0 radical (unpaired) electrons. The third-order valence-electron chi connectivity index (χ3n) is 3.60. The largest absolute Gasteiger partial charge is 0.397 e. The summed E-state index contributed by atoms with van der Waals surface area (Å²) < 4.78 is 0.257.